The summed E-state index contributed by atoms with van der Waals surface area (Å²) in [6, 6.07) is 1.77. The lowest BCUT2D eigenvalue weighted by atomic mass is 10.2. The highest BCUT2D eigenvalue weighted by Gasteiger charge is 2.24. The Kier molecular flexibility index (Phi) is 4.80. The van der Waals surface area contributed by atoms with E-state index in [0.29, 0.717) is 36.5 Å². The fourth-order valence-corrected chi connectivity index (χ4v) is 3.51. The van der Waals surface area contributed by atoms with Gasteiger partial charge in [-0.2, -0.15) is 10.1 Å². The monoisotopic (exact) mass is 423 g/mol. The molecule has 0 unspecified atom stereocenters. The molecule has 0 fully saturated rings. The Morgan fingerprint density at radius 2 is 2.04 bits per heavy atom. The Morgan fingerprint density at radius 1 is 1.25 bits per heavy atom. The summed E-state index contributed by atoms with van der Waals surface area (Å²) in [6.07, 6.45) is 2.20. The minimum absolute atomic E-state index is 0.0243. The lowest BCUT2D eigenvalue weighted by Crippen LogP contribution is -2.24. The largest absolute Gasteiger partial charge is 0.350 e. The maximum atomic E-state index is 14.4. The zero-order chi connectivity index (χ0) is 20.0. The van der Waals surface area contributed by atoms with Gasteiger partial charge < -0.3 is 9.80 Å². The molecule has 0 aromatic carbocycles. The lowest BCUT2D eigenvalue weighted by Gasteiger charge is -2.22. The van der Waals surface area contributed by atoms with E-state index in [1.807, 2.05) is 9.58 Å². The highest BCUT2D eigenvalue weighted by molar-refractivity contribution is 6.30. The number of hydrogen-bond donors (Lipinski definition) is 0. The third kappa shape index (κ3) is 3.24. The molecule has 1 amide bonds. The molecule has 0 N–H and O–H groups in total. The van der Waals surface area contributed by atoms with Crippen molar-refractivity contribution in [1.29, 1.82) is 0 Å². The number of pyridine rings is 1. The standard InChI is InChI=1S/C17H16Cl2FN7O/c1-25(2)16(28)11-6-9-8-26(4-3-5-27(9)24-11)15-10-7-21-14(18)12(20)13(10)22-17(19)23-15/h6-7H,3-5,8H2,1-2H3. The predicted octanol–water partition coefficient (Wildman–Crippen LogP) is 2.78. The van der Waals surface area contributed by atoms with Gasteiger partial charge in [0.15, 0.2) is 16.7 Å². The number of rotatable bonds is 2. The van der Waals surface area contributed by atoms with Crippen LogP contribution in [-0.2, 0) is 13.1 Å². The number of aryl methyl sites for hydroxylation is 1. The highest BCUT2D eigenvalue weighted by Crippen LogP contribution is 2.31. The SMILES string of the molecule is CN(C)C(=O)c1cc2n(n1)CCCN(c1nc(Cl)nc3c(F)c(Cl)ncc13)C2. The number of anilines is 1. The summed E-state index contributed by atoms with van der Waals surface area (Å²) in [4.78, 5) is 27.8. The molecule has 11 heteroatoms. The Balaban J connectivity index is 1.77. The normalized spacial score (nSPS) is 14.1. The van der Waals surface area contributed by atoms with Crippen molar-refractivity contribution in [2.75, 3.05) is 25.5 Å². The van der Waals surface area contributed by atoms with Gasteiger partial charge in [-0.25, -0.2) is 14.4 Å². The van der Waals surface area contributed by atoms with Crippen molar-refractivity contribution in [3.05, 3.63) is 39.9 Å². The summed E-state index contributed by atoms with van der Waals surface area (Å²) in [5, 5.41) is 4.49. The molecule has 0 saturated carbocycles. The number of amides is 1. The first kappa shape index (κ1) is 18.8. The topological polar surface area (TPSA) is 80.0 Å². The van der Waals surface area contributed by atoms with Crippen LogP contribution in [0.25, 0.3) is 10.9 Å². The molecule has 0 saturated heterocycles. The predicted molar refractivity (Wildman–Crippen MR) is 103 cm³/mol. The van der Waals surface area contributed by atoms with Gasteiger partial charge in [0.25, 0.3) is 5.91 Å². The smallest absolute Gasteiger partial charge is 0.273 e. The second-order valence-electron chi connectivity index (χ2n) is 6.66. The van der Waals surface area contributed by atoms with E-state index in [0.717, 1.165) is 12.1 Å². The van der Waals surface area contributed by atoms with Crippen LogP contribution in [0.5, 0.6) is 0 Å². The highest BCUT2D eigenvalue weighted by atomic mass is 35.5. The molecule has 4 heterocycles. The summed E-state index contributed by atoms with van der Waals surface area (Å²) < 4.78 is 16.2. The Hall–Kier alpha value is -2.52. The number of aromatic nitrogens is 5. The number of carbonyl (C=O) groups excluding carboxylic acids is 1. The van der Waals surface area contributed by atoms with Crippen molar-refractivity contribution in [3.8, 4) is 0 Å². The van der Waals surface area contributed by atoms with Gasteiger partial charge in [-0.05, 0) is 24.1 Å². The van der Waals surface area contributed by atoms with Gasteiger partial charge in [0.1, 0.15) is 11.3 Å². The van der Waals surface area contributed by atoms with Gasteiger partial charge >= 0.3 is 0 Å². The quantitative estimate of drug-likeness (QED) is 0.465. The summed E-state index contributed by atoms with van der Waals surface area (Å²) in [7, 11) is 3.36. The Morgan fingerprint density at radius 3 is 2.79 bits per heavy atom. The van der Waals surface area contributed by atoms with Crippen LogP contribution in [0.1, 0.15) is 22.6 Å². The van der Waals surface area contributed by atoms with Crippen LogP contribution in [0.4, 0.5) is 10.2 Å². The number of nitrogens with zero attached hydrogens (tertiary/aromatic N) is 7. The van der Waals surface area contributed by atoms with Crippen molar-refractivity contribution in [1.82, 2.24) is 29.6 Å². The molecule has 0 spiro atoms. The molecule has 1 aliphatic heterocycles. The molecule has 0 bridgehead atoms. The Labute approximate surface area is 169 Å². The first-order valence-corrected chi connectivity index (χ1v) is 9.31. The van der Waals surface area contributed by atoms with Gasteiger partial charge in [0.05, 0.1) is 17.6 Å². The van der Waals surface area contributed by atoms with Crippen LogP contribution in [0.3, 0.4) is 0 Å². The number of carbonyl (C=O) groups is 1. The molecule has 1 aliphatic rings. The summed E-state index contributed by atoms with van der Waals surface area (Å²) >= 11 is 11.8. The molecule has 146 valence electrons. The molecular formula is C17H16Cl2FN7O. The zero-order valence-electron chi connectivity index (χ0n) is 15.2. The second kappa shape index (κ2) is 7.14. The molecule has 0 atom stereocenters. The van der Waals surface area contributed by atoms with Gasteiger partial charge in [0.2, 0.25) is 5.28 Å². The van der Waals surface area contributed by atoms with E-state index in [4.69, 9.17) is 23.2 Å². The van der Waals surface area contributed by atoms with Crippen molar-refractivity contribution >= 4 is 45.8 Å². The maximum absolute atomic E-state index is 14.4. The number of hydrogen-bond acceptors (Lipinski definition) is 6. The number of fused-ring (bicyclic) bond motifs is 2. The van der Waals surface area contributed by atoms with Gasteiger partial charge in [-0.15, -0.1) is 0 Å². The molecule has 0 radical (unpaired) electrons. The van der Waals surface area contributed by atoms with E-state index in [-0.39, 0.29) is 21.9 Å². The third-order valence-electron chi connectivity index (χ3n) is 4.53. The maximum Gasteiger partial charge on any atom is 0.273 e. The van der Waals surface area contributed by atoms with Crippen LogP contribution in [-0.4, -0.2) is 56.2 Å². The lowest BCUT2D eigenvalue weighted by molar-refractivity contribution is 0.0821. The average Bonchev–Trinajstić information content (AvgIpc) is 2.95. The second-order valence-corrected chi connectivity index (χ2v) is 7.36. The molecule has 3 aromatic heterocycles. The molecular weight excluding hydrogens is 408 g/mol. The van der Waals surface area contributed by atoms with E-state index >= 15 is 0 Å². The van der Waals surface area contributed by atoms with Gasteiger partial charge in [-0.1, -0.05) is 11.6 Å². The van der Waals surface area contributed by atoms with Gasteiger partial charge in [0, 0.05) is 33.4 Å². The van der Waals surface area contributed by atoms with E-state index < -0.39 is 5.82 Å². The summed E-state index contributed by atoms with van der Waals surface area (Å²) in [6.45, 7) is 1.73. The fraction of sp³-hybridized carbons (Fsp3) is 0.353. The molecule has 0 aliphatic carbocycles. The summed E-state index contributed by atoms with van der Waals surface area (Å²) in [5.41, 5.74) is 1.26. The van der Waals surface area contributed by atoms with E-state index in [9.17, 15) is 9.18 Å². The van der Waals surface area contributed by atoms with E-state index in [1.165, 1.54) is 11.1 Å². The average molecular weight is 424 g/mol. The van der Waals surface area contributed by atoms with Crippen LogP contribution < -0.4 is 4.90 Å². The fourth-order valence-electron chi connectivity index (χ4n) is 3.21. The van der Waals surface area contributed by atoms with Crippen molar-refractivity contribution in [3.63, 3.8) is 0 Å². The van der Waals surface area contributed by atoms with Crippen molar-refractivity contribution in [2.24, 2.45) is 0 Å². The zero-order valence-corrected chi connectivity index (χ0v) is 16.7. The van der Waals surface area contributed by atoms with Crippen LogP contribution in [0.15, 0.2) is 12.3 Å². The van der Waals surface area contributed by atoms with Crippen LogP contribution in [0, 0.1) is 5.82 Å². The van der Waals surface area contributed by atoms with Crippen LogP contribution in [0.2, 0.25) is 10.4 Å². The van der Waals surface area contributed by atoms with Crippen molar-refractivity contribution in [2.45, 2.75) is 19.5 Å². The van der Waals surface area contributed by atoms with E-state index in [2.05, 4.69) is 20.1 Å². The Bertz CT molecular complexity index is 1090. The first-order chi connectivity index (χ1) is 13.3. The van der Waals surface area contributed by atoms with E-state index in [1.54, 1.807) is 20.2 Å². The minimum Gasteiger partial charge on any atom is -0.350 e. The molecule has 8 nitrogen and oxygen atoms in total. The number of halogens is 3. The van der Waals surface area contributed by atoms with Crippen LogP contribution >= 0.6 is 23.2 Å². The summed E-state index contributed by atoms with van der Waals surface area (Å²) in [5.74, 6) is -0.430. The first-order valence-electron chi connectivity index (χ1n) is 8.55. The van der Waals surface area contributed by atoms with Crippen molar-refractivity contribution < 1.29 is 9.18 Å². The minimum atomic E-state index is -0.733. The third-order valence-corrected chi connectivity index (χ3v) is 4.97. The molecule has 4 rings (SSSR count). The molecule has 3 aromatic rings. The molecule has 28 heavy (non-hydrogen) atoms. The van der Waals surface area contributed by atoms with Gasteiger partial charge in [-0.3, -0.25) is 9.48 Å².